The van der Waals surface area contributed by atoms with Gasteiger partial charge in [-0.25, -0.2) is 0 Å². The van der Waals surface area contributed by atoms with Crippen molar-refractivity contribution < 1.29 is 24.5 Å². The van der Waals surface area contributed by atoms with Crippen LogP contribution in [0.5, 0.6) is 11.5 Å². The van der Waals surface area contributed by atoms with E-state index in [1.807, 2.05) is 0 Å². The molecule has 0 spiro atoms. The fraction of sp³-hybridized carbons (Fsp3) is 0.118. The molecule has 23 heavy (non-hydrogen) atoms. The number of carbonyl (C=O) groups is 1. The number of carboxylic acids is 1. The zero-order valence-electron chi connectivity index (χ0n) is 12.0. The second-order valence-electron chi connectivity index (χ2n) is 5.26. The molecule has 0 saturated carbocycles. The molecule has 0 radical (unpaired) electrons. The molecule has 0 aliphatic rings. The molecule has 0 saturated heterocycles. The molecule has 0 aliphatic heterocycles. The third kappa shape index (κ3) is 2.70. The molecule has 5 nitrogen and oxygen atoms in total. The molecule has 0 atom stereocenters. The normalized spacial score (nSPS) is 11.0. The first-order valence-electron chi connectivity index (χ1n) is 6.95. The van der Waals surface area contributed by atoms with Crippen LogP contribution in [0, 0.1) is 5.95 Å². The number of phenols is 2. The van der Waals surface area contributed by atoms with Crippen molar-refractivity contribution in [2.45, 2.75) is 13.0 Å². The lowest BCUT2D eigenvalue weighted by molar-refractivity contribution is -0.136. The van der Waals surface area contributed by atoms with Crippen LogP contribution in [-0.2, 0) is 17.8 Å². The number of para-hydroxylation sites is 1. The quantitative estimate of drug-likeness (QED) is 0.691. The van der Waals surface area contributed by atoms with E-state index in [0.29, 0.717) is 16.5 Å². The molecule has 6 heteroatoms. The number of aromatic nitrogens is 1. The Morgan fingerprint density at radius 1 is 1.13 bits per heavy atom. The molecule has 2 aromatic carbocycles. The zero-order valence-corrected chi connectivity index (χ0v) is 12.0. The summed E-state index contributed by atoms with van der Waals surface area (Å²) in [7, 11) is 0. The van der Waals surface area contributed by atoms with E-state index in [9.17, 15) is 19.4 Å². The second kappa shape index (κ2) is 5.64. The van der Waals surface area contributed by atoms with Gasteiger partial charge in [-0.15, -0.1) is 0 Å². The Bertz CT molecular complexity index is 901. The highest BCUT2D eigenvalue weighted by Gasteiger charge is 2.20. The monoisotopic (exact) mass is 315 g/mol. The van der Waals surface area contributed by atoms with Crippen LogP contribution < -0.4 is 0 Å². The Hall–Kier alpha value is -3.02. The molecule has 0 amide bonds. The van der Waals surface area contributed by atoms with Gasteiger partial charge in [0.2, 0.25) is 0 Å². The Kier molecular flexibility index (Phi) is 3.65. The van der Waals surface area contributed by atoms with Crippen LogP contribution >= 0.6 is 0 Å². The third-order valence-electron chi connectivity index (χ3n) is 3.73. The average Bonchev–Trinajstić information content (AvgIpc) is 2.74. The number of rotatable bonds is 4. The molecule has 0 fully saturated rings. The number of phenolic OH excluding ortho intramolecular Hbond substituents is 2. The van der Waals surface area contributed by atoms with Gasteiger partial charge in [-0.3, -0.25) is 4.79 Å². The number of fused-ring (bicyclic) bond motifs is 1. The fourth-order valence-corrected chi connectivity index (χ4v) is 2.67. The Morgan fingerprint density at radius 3 is 2.57 bits per heavy atom. The summed E-state index contributed by atoms with van der Waals surface area (Å²) in [5.74, 6) is -1.87. The van der Waals surface area contributed by atoms with Crippen molar-refractivity contribution in [3.63, 3.8) is 0 Å². The summed E-state index contributed by atoms with van der Waals surface area (Å²) < 4.78 is 16.0. The van der Waals surface area contributed by atoms with Crippen molar-refractivity contribution in [1.82, 2.24) is 4.57 Å². The van der Waals surface area contributed by atoms with Crippen LogP contribution in [0.2, 0.25) is 0 Å². The van der Waals surface area contributed by atoms with Crippen LogP contribution in [0.3, 0.4) is 0 Å². The van der Waals surface area contributed by atoms with Crippen molar-refractivity contribution in [2.24, 2.45) is 0 Å². The van der Waals surface area contributed by atoms with Crippen molar-refractivity contribution in [3.8, 4) is 11.5 Å². The summed E-state index contributed by atoms with van der Waals surface area (Å²) in [4.78, 5) is 11.0. The van der Waals surface area contributed by atoms with E-state index in [-0.39, 0.29) is 23.6 Å². The number of nitrogens with zero attached hydrogens (tertiary/aromatic N) is 1. The lowest BCUT2D eigenvalue weighted by Crippen LogP contribution is -2.06. The summed E-state index contributed by atoms with van der Waals surface area (Å²) >= 11 is 0. The highest BCUT2D eigenvalue weighted by Crippen LogP contribution is 2.30. The maximum Gasteiger partial charge on any atom is 0.308 e. The molecule has 3 aromatic rings. The number of aliphatic carboxylic acids is 1. The minimum Gasteiger partial charge on any atom is -0.508 e. The van der Waals surface area contributed by atoms with Gasteiger partial charge in [-0.05, 0) is 24.3 Å². The molecule has 3 rings (SSSR count). The predicted octanol–water partition coefficient (Wildman–Crippen LogP) is 2.87. The standard InChI is InChI=1S/C17H14FNO4/c18-17-13(8-16(22)23)12-7-11(20)5-6-14(12)19(17)9-10-3-1-2-4-15(10)21/h1-7,20-21H,8-9H2,(H,22,23). The minimum atomic E-state index is -1.16. The number of benzene rings is 2. The first-order chi connectivity index (χ1) is 11.0. The molecule has 0 unspecified atom stereocenters. The lowest BCUT2D eigenvalue weighted by atomic mass is 10.1. The van der Waals surface area contributed by atoms with Crippen molar-refractivity contribution >= 4 is 16.9 Å². The van der Waals surface area contributed by atoms with Gasteiger partial charge in [0.25, 0.3) is 0 Å². The third-order valence-corrected chi connectivity index (χ3v) is 3.73. The van der Waals surface area contributed by atoms with E-state index in [1.54, 1.807) is 18.2 Å². The molecule has 118 valence electrons. The van der Waals surface area contributed by atoms with E-state index in [2.05, 4.69) is 0 Å². The molecular formula is C17H14FNO4. The topological polar surface area (TPSA) is 82.7 Å². The van der Waals surface area contributed by atoms with E-state index < -0.39 is 18.3 Å². The molecular weight excluding hydrogens is 301 g/mol. The summed E-state index contributed by atoms with van der Waals surface area (Å²) in [5, 5.41) is 28.8. The average molecular weight is 315 g/mol. The van der Waals surface area contributed by atoms with Crippen molar-refractivity contribution in [3.05, 3.63) is 59.5 Å². The van der Waals surface area contributed by atoms with Gasteiger partial charge in [0.15, 0.2) is 5.95 Å². The number of hydrogen-bond acceptors (Lipinski definition) is 3. The summed E-state index contributed by atoms with van der Waals surface area (Å²) in [5.41, 5.74) is 0.983. The second-order valence-corrected chi connectivity index (χ2v) is 5.26. The minimum absolute atomic E-state index is 0.0128. The Morgan fingerprint density at radius 2 is 1.87 bits per heavy atom. The van der Waals surface area contributed by atoms with Crippen LogP contribution in [-0.4, -0.2) is 25.9 Å². The van der Waals surface area contributed by atoms with Crippen LogP contribution in [0.15, 0.2) is 42.5 Å². The Balaban J connectivity index is 2.18. The molecule has 0 bridgehead atoms. The van der Waals surface area contributed by atoms with Gasteiger partial charge in [0.05, 0.1) is 18.5 Å². The van der Waals surface area contributed by atoms with Crippen LogP contribution in [0.4, 0.5) is 4.39 Å². The maximum atomic E-state index is 14.7. The molecule has 1 heterocycles. The highest BCUT2D eigenvalue weighted by atomic mass is 19.1. The fourth-order valence-electron chi connectivity index (χ4n) is 2.67. The van der Waals surface area contributed by atoms with Crippen molar-refractivity contribution in [1.29, 1.82) is 0 Å². The van der Waals surface area contributed by atoms with Crippen molar-refractivity contribution in [2.75, 3.05) is 0 Å². The van der Waals surface area contributed by atoms with E-state index in [1.165, 1.54) is 28.8 Å². The summed E-state index contributed by atoms with van der Waals surface area (Å²) in [6, 6.07) is 10.8. The lowest BCUT2D eigenvalue weighted by Gasteiger charge is -2.08. The molecule has 1 aromatic heterocycles. The van der Waals surface area contributed by atoms with Gasteiger partial charge in [-0.1, -0.05) is 18.2 Å². The van der Waals surface area contributed by atoms with Gasteiger partial charge in [0.1, 0.15) is 11.5 Å². The van der Waals surface area contributed by atoms with Gasteiger partial charge in [-0.2, -0.15) is 4.39 Å². The van der Waals surface area contributed by atoms with Crippen LogP contribution in [0.25, 0.3) is 10.9 Å². The smallest absolute Gasteiger partial charge is 0.308 e. The SMILES string of the molecule is O=C(O)Cc1c(F)n(Cc2ccccc2O)c2ccc(O)cc12. The first kappa shape index (κ1) is 14.9. The predicted molar refractivity (Wildman–Crippen MR) is 82.1 cm³/mol. The number of halogens is 1. The number of hydrogen-bond donors (Lipinski definition) is 3. The Labute approximate surface area is 130 Å². The van der Waals surface area contributed by atoms with Gasteiger partial charge in [0, 0.05) is 16.5 Å². The highest BCUT2D eigenvalue weighted by molar-refractivity contribution is 5.89. The zero-order chi connectivity index (χ0) is 16.6. The van der Waals surface area contributed by atoms with Gasteiger partial charge >= 0.3 is 5.97 Å². The first-order valence-corrected chi connectivity index (χ1v) is 6.95. The van der Waals surface area contributed by atoms with E-state index >= 15 is 0 Å². The van der Waals surface area contributed by atoms with Gasteiger partial charge < -0.3 is 19.9 Å². The van der Waals surface area contributed by atoms with E-state index in [4.69, 9.17) is 5.11 Å². The molecule has 3 N–H and O–H groups in total. The molecule has 0 aliphatic carbocycles. The number of carboxylic acid groups (broad SMARTS) is 1. The summed E-state index contributed by atoms with van der Waals surface area (Å²) in [6.07, 6.45) is -0.487. The maximum absolute atomic E-state index is 14.7. The largest absolute Gasteiger partial charge is 0.508 e. The van der Waals surface area contributed by atoms with Crippen LogP contribution in [0.1, 0.15) is 11.1 Å². The number of aromatic hydroxyl groups is 2. The summed E-state index contributed by atoms with van der Waals surface area (Å²) in [6.45, 7) is 0.0550. The van der Waals surface area contributed by atoms with E-state index in [0.717, 1.165) is 0 Å².